The van der Waals surface area contributed by atoms with E-state index in [1.54, 1.807) is 28.9 Å². The molecule has 2 aromatic carbocycles. The molecule has 3 aromatic rings. The number of nitrogens with two attached hydrogens (primary N) is 1. The standard InChI is InChI=1S/C22H28FN3OSi/c1-22(2,3)28(4,5)27-15-16-9-8-10-17(13-16)26-21(24)14-20(25-26)18-11-6-7-12-19(18)23/h6-14H,15,24H2,1-5H3. The van der Waals surface area contributed by atoms with Gasteiger partial charge in [0, 0.05) is 11.6 Å². The molecule has 1 heterocycles. The topological polar surface area (TPSA) is 53.1 Å². The number of hydrogen-bond donors (Lipinski definition) is 1. The first-order chi connectivity index (χ1) is 13.1. The van der Waals surface area contributed by atoms with Crippen molar-refractivity contribution in [1.82, 2.24) is 9.78 Å². The third-order valence-corrected chi connectivity index (χ3v) is 9.93. The second-order valence-electron chi connectivity index (χ2n) is 8.56. The molecule has 0 saturated heterocycles. The number of halogens is 1. The molecule has 1 aromatic heterocycles. The predicted octanol–water partition coefficient (Wildman–Crippen LogP) is 5.78. The van der Waals surface area contributed by atoms with E-state index in [1.165, 1.54) is 6.07 Å². The summed E-state index contributed by atoms with van der Waals surface area (Å²) in [5, 5.41) is 4.68. The van der Waals surface area contributed by atoms with E-state index in [2.05, 4.69) is 39.0 Å². The van der Waals surface area contributed by atoms with Crippen LogP contribution in [0.2, 0.25) is 18.1 Å². The van der Waals surface area contributed by atoms with E-state index in [0.717, 1.165) is 11.3 Å². The van der Waals surface area contributed by atoms with E-state index in [9.17, 15) is 4.39 Å². The minimum absolute atomic E-state index is 0.158. The Balaban J connectivity index is 1.86. The van der Waals surface area contributed by atoms with Gasteiger partial charge in [0.25, 0.3) is 0 Å². The van der Waals surface area contributed by atoms with Gasteiger partial charge in [-0.05, 0) is 48.0 Å². The number of hydrogen-bond acceptors (Lipinski definition) is 3. The van der Waals surface area contributed by atoms with Crippen LogP contribution in [0.4, 0.5) is 10.2 Å². The molecule has 0 bridgehead atoms. The minimum atomic E-state index is -1.83. The summed E-state index contributed by atoms with van der Waals surface area (Å²) >= 11 is 0. The highest BCUT2D eigenvalue weighted by Gasteiger charge is 2.37. The molecule has 148 valence electrons. The van der Waals surface area contributed by atoms with Gasteiger partial charge >= 0.3 is 0 Å². The average Bonchev–Trinajstić information content (AvgIpc) is 3.01. The first-order valence-electron chi connectivity index (χ1n) is 9.42. The zero-order valence-corrected chi connectivity index (χ0v) is 18.2. The fourth-order valence-electron chi connectivity index (χ4n) is 2.66. The number of benzene rings is 2. The maximum absolute atomic E-state index is 14.1. The first kappa shape index (κ1) is 20.3. The van der Waals surface area contributed by atoms with Gasteiger partial charge < -0.3 is 10.2 Å². The fraction of sp³-hybridized carbons (Fsp3) is 0.318. The van der Waals surface area contributed by atoms with E-state index >= 15 is 0 Å². The van der Waals surface area contributed by atoms with Crippen molar-refractivity contribution in [3.8, 4) is 16.9 Å². The van der Waals surface area contributed by atoms with E-state index in [-0.39, 0.29) is 10.9 Å². The maximum Gasteiger partial charge on any atom is 0.192 e. The molecule has 2 N–H and O–H groups in total. The zero-order chi connectivity index (χ0) is 20.5. The molecule has 3 rings (SSSR count). The van der Waals surface area contributed by atoms with Crippen LogP contribution in [0, 0.1) is 5.82 Å². The Morgan fingerprint density at radius 3 is 2.46 bits per heavy atom. The molecule has 0 amide bonds. The van der Waals surface area contributed by atoms with E-state index in [0.29, 0.717) is 23.7 Å². The van der Waals surface area contributed by atoms with E-state index in [4.69, 9.17) is 10.2 Å². The molecule has 0 aliphatic carbocycles. The number of nitrogen functional groups attached to an aromatic ring is 1. The Kier molecular flexibility index (Phi) is 5.45. The molecule has 0 aliphatic rings. The van der Waals surface area contributed by atoms with Crippen molar-refractivity contribution in [2.75, 3.05) is 5.73 Å². The SMILES string of the molecule is CC(C)(C)[Si](C)(C)OCc1cccc(-n2nc(-c3ccccc3F)cc2N)c1. The van der Waals surface area contributed by atoms with Gasteiger partial charge in [0.2, 0.25) is 0 Å². The summed E-state index contributed by atoms with van der Waals surface area (Å²) in [5.74, 6) is 0.143. The van der Waals surface area contributed by atoms with Crippen molar-refractivity contribution in [2.45, 2.75) is 45.5 Å². The average molecular weight is 398 g/mol. The highest BCUT2D eigenvalue weighted by molar-refractivity contribution is 6.74. The number of anilines is 1. The van der Waals surface area contributed by atoms with Crippen molar-refractivity contribution < 1.29 is 8.82 Å². The summed E-state index contributed by atoms with van der Waals surface area (Å²) < 4.78 is 22.0. The van der Waals surface area contributed by atoms with Crippen LogP contribution in [0.15, 0.2) is 54.6 Å². The second kappa shape index (κ2) is 7.52. The predicted molar refractivity (Wildman–Crippen MR) is 115 cm³/mol. The van der Waals surface area contributed by atoms with Gasteiger partial charge in [0.15, 0.2) is 8.32 Å². The lowest BCUT2D eigenvalue weighted by Gasteiger charge is -2.36. The van der Waals surface area contributed by atoms with Crippen LogP contribution in [0.3, 0.4) is 0 Å². The van der Waals surface area contributed by atoms with Gasteiger partial charge in [-0.1, -0.05) is 45.0 Å². The van der Waals surface area contributed by atoms with Gasteiger partial charge in [0.05, 0.1) is 18.0 Å². The summed E-state index contributed by atoms with van der Waals surface area (Å²) in [6, 6.07) is 16.2. The zero-order valence-electron chi connectivity index (χ0n) is 17.2. The number of nitrogens with zero attached hydrogens (tertiary/aromatic N) is 2. The lowest BCUT2D eigenvalue weighted by Crippen LogP contribution is -2.40. The molecular weight excluding hydrogens is 369 g/mol. The third-order valence-electron chi connectivity index (χ3n) is 5.45. The van der Waals surface area contributed by atoms with Crippen LogP contribution < -0.4 is 5.73 Å². The van der Waals surface area contributed by atoms with Gasteiger partial charge in [-0.25, -0.2) is 9.07 Å². The molecule has 0 radical (unpaired) electrons. The highest BCUT2D eigenvalue weighted by atomic mass is 28.4. The third kappa shape index (κ3) is 4.18. The Morgan fingerprint density at radius 1 is 1.07 bits per heavy atom. The lowest BCUT2D eigenvalue weighted by atomic mass is 10.1. The van der Waals surface area contributed by atoms with Crippen LogP contribution >= 0.6 is 0 Å². The number of rotatable bonds is 5. The molecule has 0 atom stereocenters. The Labute approximate surface area is 167 Å². The molecule has 4 nitrogen and oxygen atoms in total. The lowest BCUT2D eigenvalue weighted by molar-refractivity contribution is 0.276. The molecule has 0 aliphatic heterocycles. The van der Waals surface area contributed by atoms with Crippen molar-refractivity contribution in [1.29, 1.82) is 0 Å². The minimum Gasteiger partial charge on any atom is -0.413 e. The molecule has 28 heavy (non-hydrogen) atoms. The van der Waals surface area contributed by atoms with Crippen LogP contribution in [-0.2, 0) is 11.0 Å². The van der Waals surface area contributed by atoms with Gasteiger partial charge in [-0.15, -0.1) is 0 Å². The van der Waals surface area contributed by atoms with Gasteiger partial charge in [-0.2, -0.15) is 5.10 Å². The van der Waals surface area contributed by atoms with Crippen LogP contribution in [0.5, 0.6) is 0 Å². The van der Waals surface area contributed by atoms with E-state index < -0.39 is 8.32 Å². The van der Waals surface area contributed by atoms with E-state index in [1.807, 2.05) is 24.3 Å². The molecule has 0 fully saturated rings. The van der Waals surface area contributed by atoms with Crippen molar-refractivity contribution in [3.05, 3.63) is 66.0 Å². The molecule has 0 spiro atoms. The van der Waals surface area contributed by atoms with Crippen LogP contribution in [0.25, 0.3) is 16.9 Å². The first-order valence-corrected chi connectivity index (χ1v) is 12.3. The van der Waals surface area contributed by atoms with Crippen LogP contribution in [-0.4, -0.2) is 18.1 Å². The monoisotopic (exact) mass is 397 g/mol. The second-order valence-corrected chi connectivity index (χ2v) is 13.4. The normalized spacial score (nSPS) is 12.4. The molecule has 6 heteroatoms. The summed E-state index contributed by atoms with van der Waals surface area (Å²) in [5.41, 5.74) is 9.00. The van der Waals surface area contributed by atoms with Crippen molar-refractivity contribution in [2.24, 2.45) is 0 Å². The summed E-state index contributed by atoms with van der Waals surface area (Å²) in [7, 11) is -1.83. The quantitative estimate of drug-likeness (QED) is 0.555. The van der Waals surface area contributed by atoms with Crippen molar-refractivity contribution >= 4 is 14.1 Å². The maximum atomic E-state index is 14.1. The Bertz CT molecular complexity index is 976. The smallest absolute Gasteiger partial charge is 0.192 e. The molecular formula is C22H28FN3OSi. The molecule has 0 unspecified atom stereocenters. The summed E-state index contributed by atoms with van der Waals surface area (Å²) in [6.07, 6.45) is 0. The summed E-state index contributed by atoms with van der Waals surface area (Å²) in [6.45, 7) is 11.7. The fourth-order valence-corrected chi connectivity index (χ4v) is 3.62. The van der Waals surface area contributed by atoms with Gasteiger partial charge in [-0.3, -0.25) is 0 Å². The summed E-state index contributed by atoms with van der Waals surface area (Å²) in [4.78, 5) is 0. The van der Waals surface area contributed by atoms with Gasteiger partial charge in [0.1, 0.15) is 11.6 Å². The Hall–Kier alpha value is -2.44. The number of aromatic nitrogens is 2. The molecule has 0 saturated carbocycles. The van der Waals surface area contributed by atoms with Crippen molar-refractivity contribution in [3.63, 3.8) is 0 Å². The largest absolute Gasteiger partial charge is 0.413 e. The Morgan fingerprint density at radius 2 is 1.79 bits per heavy atom. The van der Waals surface area contributed by atoms with Crippen LogP contribution in [0.1, 0.15) is 26.3 Å². The highest BCUT2D eigenvalue weighted by Crippen LogP contribution is 2.37.